The van der Waals surface area contributed by atoms with E-state index in [4.69, 9.17) is 0 Å². The molecular formula is C18H21FN2. The number of nitrogens with zero attached hydrogens (tertiary/aromatic N) is 1. The molecule has 0 saturated heterocycles. The second-order valence-corrected chi connectivity index (χ2v) is 5.87. The van der Waals surface area contributed by atoms with Crippen LogP contribution in [0.5, 0.6) is 0 Å². The average molecular weight is 284 g/mol. The van der Waals surface area contributed by atoms with Crippen LogP contribution in [-0.4, -0.2) is 12.6 Å². The van der Waals surface area contributed by atoms with Crippen molar-refractivity contribution in [2.75, 3.05) is 11.4 Å². The molecule has 21 heavy (non-hydrogen) atoms. The molecule has 3 rings (SSSR count). The van der Waals surface area contributed by atoms with E-state index in [0.29, 0.717) is 6.04 Å². The molecule has 0 fully saturated rings. The van der Waals surface area contributed by atoms with E-state index in [-0.39, 0.29) is 5.82 Å². The van der Waals surface area contributed by atoms with E-state index in [2.05, 4.69) is 42.3 Å². The maximum Gasteiger partial charge on any atom is 0.123 e. The zero-order chi connectivity index (χ0) is 14.8. The maximum absolute atomic E-state index is 13.1. The van der Waals surface area contributed by atoms with Gasteiger partial charge in [0, 0.05) is 31.4 Å². The van der Waals surface area contributed by atoms with Gasteiger partial charge in [-0.15, -0.1) is 0 Å². The van der Waals surface area contributed by atoms with E-state index in [1.165, 1.54) is 28.9 Å². The lowest BCUT2D eigenvalue weighted by Gasteiger charge is -2.28. The fourth-order valence-electron chi connectivity index (χ4n) is 3.04. The molecular weight excluding hydrogens is 263 g/mol. The summed E-state index contributed by atoms with van der Waals surface area (Å²) >= 11 is 0. The molecule has 1 aliphatic heterocycles. The standard InChI is InChI=1S/C18H21FN2/c1-13-4-3-5-16-10-20-14(2)11-21(18(13)16)12-15-6-8-17(19)9-7-15/h3-9,14,20H,10-12H2,1-2H3. The Kier molecular flexibility index (Phi) is 3.93. The Morgan fingerprint density at radius 2 is 1.95 bits per heavy atom. The second kappa shape index (κ2) is 5.86. The second-order valence-electron chi connectivity index (χ2n) is 5.87. The van der Waals surface area contributed by atoms with Gasteiger partial charge in [-0.2, -0.15) is 0 Å². The van der Waals surface area contributed by atoms with Gasteiger partial charge >= 0.3 is 0 Å². The number of nitrogens with one attached hydrogen (secondary N) is 1. The predicted octanol–water partition coefficient (Wildman–Crippen LogP) is 3.63. The molecule has 1 unspecified atom stereocenters. The van der Waals surface area contributed by atoms with E-state index in [0.717, 1.165) is 25.2 Å². The number of benzene rings is 2. The fourth-order valence-corrected chi connectivity index (χ4v) is 3.04. The van der Waals surface area contributed by atoms with Crippen LogP contribution in [0.25, 0.3) is 0 Å². The third kappa shape index (κ3) is 3.08. The molecule has 0 aliphatic carbocycles. The van der Waals surface area contributed by atoms with Crippen molar-refractivity contribution >= 4 is 5.69 Å². The molecule has 110 valence electrons. The molecule has 0 bridgehead atoms. The van der Waals surface area contributed by atoms with E-state index in [9.17, 15) is 4.39 Å². The van der Waals surface area contributed by atoms with Crippen LogP contribution in [0.3, 0.4) is 0 Å². The van der Waals surface area contributed by atoms with Crippen molar-refractivity contribution in [2.45, 2.75) is 33.0 Å². The first-order valence-electron chi connectivity index (χ1n) is 7.45. The number of aryl methyl sites for hydroxylation is 1. The predicted molar refractivity (Wildman–Crippen MR) is 84.9 cm³/mol. The monoisotopic (exact) mass is 284 g/mol. The largest absolute Gasteiger partial charge is 0.365 e. The quantitative estimate of drug-likeness (QED) is 0.906. The minimum Gasteiger partial charge on any atom is -0.365 e. The highest BCUT2D eigenvalue weighted by Gasteiger charge is 2.20. The molecule has 2 aromatic carbocycles. The van der Waals surface area contributed by atoms with Gasteiger partial charge in [0.15, 0.2) is 0 Å². The molecule has 1 aliphatic rings. The van der Waals surface area contributed by atoms with Crippen LogP contribution >= 0.6 is 0 Å². The van der Waals surface area contributed by atoms with Crippen molar-refractivity contribution in [2.24, 2.45) is 0 Å². The van der Waals surface area contributed by atoms with Crippen molar-refractivity contribution in [3.8, 4) is 0 Å². The molecule has 1 atom stereocenters. The van der Waals surface area contributed by atoms with Crippen LogP contribution < -0.4 is 10.2 Å². The normalized spacial score (nSPS) is 18.2. The Bertz CT molecular complexity index is 622. The molecule has 1 N–H and O–H groups in total. The van der Waals surface area contributed by atoms with Crippen molar-refractivity contribution < 1.29 is 4.39 Å². The number of halogens is 1. The van der Waals surface area contributed by atoms with Crippen molar-refractivity contribution in [3.63, 3.8) is 0 Å². The number of para-hydroxylation sites is 1. The summed E-state index contributed by atoms with van der Waals surface area (Å²) in [5.41, 5.74) is 5.09. The SMILES string of the molecule is Cc1cccc2c1N(Cc1ccc(F)cc1)CC(C)NC2. The highest BCUT2D eigenvalue weighted by atomic mass is 19.1. The minimum absolute atomic E-state index is 0.179. The summed E-state index contributed by atoms with van der Waals surface area (Å²) in [5.74, 6) is -0.179. The van der Waals surface area contributed by atoms with Gasteiger partial charge in [0.25, 0.3) is 0 Å². The van der Waals surface area contributed by atoms with E-state index in [1.54, 1.807) is 0 Å². The van der Waals surface area contributed by atoms with Gasteiger partial charge < -0.3 is 10.2 Å². The number of hydrogen-bond donors (Lipinski definition) is 1. The summed E-state index contributed by atoms with van der Waals surface area (Å²) in [7, 11) is 0. The third-order valence-electron chi connectivity index (χ3n) is 4.06. The van der Waals surface area contributed by atoms with Gasteiger partial charge in [0.2, 0.25) is 0 Å². The smallest absolute Gasteiger partial charge is 0.123 e. The summed E-state index contributed by atoms with van der Waals surface area (Å²) in [6, 6.07) is 13.7. The lowest BCUT2D eigenvalue weighted by molar-refractivity contribution is 0.552. The van der Waals surface area contributed by atoms with Crippen LogP contribution in [-0.2, 0) is 13.1 Å². The maximum atomic E-state index is 13.1. The van der Waals surface area contributed by atoms with Gasteiger partial charge in [-0.25, -0.2) is 4.39 Å². The number of hydrogen-bond acceptors (Lipinski definition) is 2. The van der Waals surface area contributed by atoms with Crippen LogP contribution in [0.4, 0.5) is 10.1 Å². The molecule has 3 heteroatoms. The van der Waals surface area contributed by atoms with Crippen LogP contribution in [0.2, 0.25) is 0 Å². The first-order valence-corrected chi connectivity index (χ1v) is 7.45. The van der Waals surface area contributed by atoms with Crippen molar-refractivity contribution in [1.29, 1.82) is 0 Å². The lowest BCUT2D eigenvalue weighted by atomic mass is 10.1. The first kappa shape index (κ1) is 14.1. The van der Waals surface area contributed by atoms with E-state index < -0.39 is 0 Å². The van der Waals surface area contributed by atoms with E-state index >= 15 is 0 Å². The summed E-state index contributed by atoms with van der Waals surface area (Å²) in [6.45, 7) is 7.03. The Labute approximate surface area is 125 Å². The summed E-state index contributed by atoms with van der Waals surface area (Å²) < 4.78 is 13.1. The van der Waals surface area contributed by atoms with Gasteiger partial charge in [-0.05, 0) is 42.7 Å². The highest BCUT2D eigenvalue weighted by Crippen LogP contribution is 2.29. The van der Waals surface area contributed by atoms with Crippen LogP contribution in [0, 0.1) is 12.7 Å². The fraction of sp³-hybridized carbons (Fsp3) is 0.333. The Morgan fingerprint density at radius 1 is 1.19 bits per heavy atom. The summed E-state index contributed by atoms with van der Waals surface area (Å²) in [6.07, 6.45) is 0. The molecule has 2 nitrogen and oxygen atoms in total. The number of anilines is 1. The Balaban J connectivity index is 1.94. The molecule has 0 radical (unpaired) electrons. The van der Waals surface area contributed by atoms with Gasteiger partial charge in [0.1, 0.15) is 5.82 Å². The summed E-state index contributed by atoms with van der Waals surface area (Å²) in [4.78, 5) is 2.41. The van der Waals surface area contributed by atoms with Crippen molar-refractivity contribution in [3.05, 3.63) is 65.0 Å². The molecule has 0 aromatic heterocycles. The molecule has 0 saturated carbocycles. The zero-order valence-corrected chi connectivity index (χ0v) is 12.6. The zero-order valence-electron chi connectivity index (χ0n) is 12.6. The van der Waals surface area contributed by atoms with Gasteiger partial charge in [-0.1, -0.05) is 30.3 Å². The van der Waals surface area contributed by atoms with E-state index in [1.807, 2.05) is 12.1 Å². The highest BCUT2D eigenvalue weighted by molar-refractivity contribution is 5.60. The van der Waals surface area contributed by atoms with Crippen LogP contribution in [0.15, 0.2) is 42.5 Å². The average Bonchev–Trinajstić information content (AvgIpc) is 2.62. The number of fused-ring (bicyclic) bond motifs is 1. The first-order chi connectivity index (χ1) is 10.1. The van der Waals surface area contributed by atoms with Gasteiger partial charge in [0.05, 0.1) is 0 Å². The minimum atomic E-state index is -0.179. The Hall–Kier alpha value is -1.87. The number of rotatable bonds is 2. The third-order valence-corrected chi connectivity index (χ3v) is 4.06. The molecule has 0 amide bonds. The molecule has 1 heterocycles. The molecule has 2 aromatic rings. The Morgan fingerprint density at radius 3 is 2.71 bits per heavy atom. The van der Waals surface area contributed by atoms with Gasteiger partial charge in [-0.3, -0.25) is 0 Å². The topological polar surface area (TPSA) is 15.3 Å². The molecule has 0 spiro atoms. The van der Waals surface area contributed by atoms with Crippen molar-refractivity contribution in [1.82, 2.24) is 5.32 Å². The summed E-state index contributed by atoms with van der Waals surface area (Å²) in [5, 5.41) is 3.55. The lowest BCUT2D eigenvalue weighted by Crippen LogP contribution is -2.35. The van der Waals surface area contributed by atoms with Crippen LogP contribution in [0.1, 0.15) is 23.6 Å².